The number of rotatable bonds is 6. The van der Waals surface area contributed by atoms with Gasteiger partial charge in [-0.05, 0) is 60.9 Å². The summed E-state index contributed by atoms with van der Waals surface area (Å²) in [7, 11) is 0. The number of carbonyl (C=O) groups is 2. The minimum Gasteiger partial charge on any atom is -0.445 e. The number of likely N-dealkylation sites (tertiary alicyclic amines) is 1. The van der Waals surface area contributed by atoms with E-state index in [9.17, 15) is 9.59 Å². The first kappa shape index (κ1) is 22.2. The Morgan fingerprint density at radius 2 is 1.69 bits per heavy atom. The van der Waals surface area contributed by atoms with Gasteiger partial charge in [0.05, 0.1) is 5.02 Å². The first-order chi connectivity index (χ1) is 15.5. The largest absolute Gasteiger partial charge is 0.445 e. The molecule has 3 aromatic rings. The standard InChI is InChI=1S/C25H22Cl2N2O3/c26-18-10-11-23(21(15-18)24(30)20-8-1-2-9-22(20)27)28-19-7-5-6-17(14-19)16-32-25(31)29-12-3-4-13-29/h1-2,5-11,14-15,28H,3-4,12-13,16H2. The lowest BCUT2D eigenvalue weighted by atomic mass is 10.0. The molecule has 1 aliphatic rings. The number of halogens is 2. The van der Waals surface area contributed by atoms with Crippen molar-refractivity contribution in [1.82, 2.24) is 4.90 Å². The maximum absolute atomic E-state index is 13.2. The molecular weight excluding hydrogens is 447 g/mol. The number of hydrogen-bond donors (Lipinski definition) is 1. The second-order valence-electron chi connectivity index (χ2n) is 7.57. The number of nitrogens with zero attached hydrogens (tertiary/aromatic N) is 1. The molecule has 1 N–H and O–H groups in total. The van der Waals surface area contributed by atoms with Crippen LogP contribution in [0.4, 0.5) is 16.2 Å². The topological polar surface area (TPSA) is 58.6 Å². The highest BCUT2D eigenvalue weighted by Crippen LogP contribution is 2.29. The number of hydrogen-bond acceptors (Lipinski definition) is 4. The van der Waals surface area contributed by atoms with Crippen LogP contribution in [0, 0.1) is 0 Å². The Balaban J connectivity index is 1.52. The van der Waals surface area contributed by atoms with Gasteiger partial charge in [-0.15, -0.1) is 0 Å². The van der Waals surface area contributed by atoms with Gasteiger partial charge >= 0.3 is 6.09 Å². The predicted octanol–water partition coefficient (Wildman–Crippen LogP) is 6.70. The van der Waals surface area contributed by atoms with E-state index in [2.05, 4.69) is 5.32 Å². The number of nitrogens with one attached hydrogen (secondary N) is 1. The van der Waals surface area contributed by atoms with Crippen LogP contribution in [0.2, 0.25) is 10.0 Å². The van der Waals surface area contributed by atoms with E-state index in [1.165, 1.54) is 0 Å². The summed E-state index contributed by atoms with van der Waals surface area (Å²) in [6, 6.07) is 19.5. The summed E-state index contributed by atoms with van der Waals surface area (Å²) in [5.74, 6) is -0.226. The van der Waals surface area contributed by atoms with Crippen molar-refractivity contribution in [3.05, 3.63) is 93.5 Å². The van der Waals surface area contributed by atoms with Gasteiger partial charge in [0.25, 0.3) is 0 Å². The van der Waals surface area contributed by atoms with Crippen molar-refractivity contribution < 1.29 is 14.3 Å². The van der Waals surface area contributed by atoms with Crippen LogP contribution in [0.1, 0.15) is 34.3 Å². The number of benzene rings is 3. The van der Waals surface area contributed by atoms with Gasteiger partial charge in [-0.1, -0.05) is 47.5 Å². The minimum atomic E-state index is -0.286. The van der Waals surface area contributed by atoms with Crippen molar-refractivity contribution in [2.75, 3.05) is 18.4 Å². The molecule has 1 aliphatic heterocycles. The first-order valence-corrected chi connectivity index (χ1v) is 11.1. The Bertz CT molecular complexity index is 1140. The summed E-state index contributed by atoms with van der Waals surface area (Å²) in [6.45, 7) is 1.68. The van der Waals surface area contributed by atoms with Crippen LogP contribution < -0.4 is 5.32 Å². The lowest BCUT2D eigenvalue weighted by Gasteiger charge is -2.16. The van der Waals surface area contributed by atoms with Gasteiger partial charge in [-0.25, -0.2) is 4.79 Å². The quantitative estimate of drug-likeness (QED) is 0.408. The fourth-order valence-corrected chi connectivity index (χ4v) is 4.03. The molecule has 7 heteroatoms. The zero-order valence-electron chi connectivity index (χ0n) is 17.3. The molecular formula is C25H22Cl2N2O3. The summed E-state index contributed by atoms with van der Waals surface area (Å²) in [4.78, 5) is 27.0. The van der Waals surface area contributed by atoms with Gasteiger partial charge in [-0.2, -0.15) is 0 Å². The SMILES string of the molecule is O=C(c1ccccc1Cl)c1cc(Cl)ccc1Nc1cccc(COC(=O)N2CCCC2)c1. The number of ketones is 1. The molecule has 164 valence electrons. The minimum absolute atomic E-state index is 0.177. The lowest BCUT2D eigenvalue weighted by molar-refractivity contribution is 0.103. The third-order valence-electron chi connectivity index (χ3n) is 5.28. The van der Waals surface area contributed by atoms with Gasteiger partial charge in [-0.3, -0.25) is 4.79 Å². The Hall–Kier alpha value is -3.02. The van der Waals surface area contributed by atoms with Crippen molar-refractivity contribution in [3.63, 3.8) is 0 Å². The molecule has 0 bridgehead atoms. The van der Waals surface area contributed by atoms with Crippen LogP contribution in [0.5, 0.6) is 0 Å². The molecule has 0 radical (unpaired) electrons. The van der Waals surface area contributed by atoms with E-state index in [1.807, 2.05) is 24.3 Å². The van der Waals surface area contributed by atoms with Crippen molar-refractivity contribution >= 4 is 46.5 Å². The molecule has 0 atom stereocenters. The van der Waals surface area contributed by atoms with E-state index in [4.69, 9.17) is 27.9 Å². The summed E-state index contributed by atoms with van der Waals surface area (Å²) in [5.41, 5.74) is 3.02. The molecule has 5 nitrogen and oxygen atoms in total. The van der Waals surface area contributed by atoms with E-state index in [0.29, 0.717) is 26.9 Å². The molecule has 1 heterocycles. The average Bonchev–Trinajstić information content (AvgIpc) is 3.34. The van der Waals surface area contributed by atoms with Crippen LogP contribution in [0.15, 0.2) is 66.7 Å². The van der Waals surface area contributed by atoms with Crippen molar-refractivity contribution in [2.24, 2.45) is 0 Å². The zero-order chi connectivity index (χ0) is 22.5. The number of ether oxygens (including phenoxy) is 1. The first-order valence-electron chi connectivity index (χ1n) is 10.4. The lowest BCUT2D eigenvalue weighted by Crippen LogP contribution is -2.28. The van der Waals surface area contributed by atoms with Crippen molar-refractivity contribution in [3.8, 4) is 0 Å². The summed E-state index contributed by atoms with van der Waals surface area (Å²) >= 11 is 12.4. The van der Waals surface area contributed by atoms with Crippen LogP contribution in [-0.2, 0) is 11.3 Å². The Morgan fingerprint density at radius 3 is 2.47 bits per heavy atom. The third-order valence-corrected chi connectivity index (χ3v) is 5.84. The molecule has 32 heavy (non-hydrogen) atoms. The monoisotopic (exact) mass is 468 g/mol. The number of anilines is 2. The fraction of sp³-hybridized carbons (Fsp3) is 0.200. The summed E-state index contributed by atoms with van der Waals surface area (Å²) in [5, 5.41) is 4.11. The van der Waals surface area contributed by atoms with Gasteiger partial charge in [0.2, 0.25) is 0 Å². The Labute approximate surface area is 196 Å². The van der Waals surface area contributed by atoms with Crippen LogP contribution in [0.3, 0.4) is 0 Å². The third kappa shape index (κ3) is 5.23. The average molecular weight is 469 g/mol. The summed E-state index contributed by atoms with van der Waals surface area (Å²) < 4.78 is 5.44. The second kappa shape index (κ2) is 10.1. The molecule has 4 rings (SSSR count). The van der Waals surface area contributed by atoms with E-state index >= 15 is 0 Å². The second-order valence-corrected chi connectivity index (χ2v) is 8.42. The van der Waals surface area contributed by atoms with Gasteiger partial charge < -0.3 is 15.0 Å². The molecule has 0 spiro atoms. The summed E-state index contributed by atoms with van der Waals surface area (Å²) in [6.07, 6.45) is 1.75. The number of carbonyl (C=O) groups excluding carboxylic acids is 2. The molecule has 0 saturated carbocycles. The maximum Gasteiger partial charge on any atom is 0.410 e. The Kier molecular flexibility index (Phi) is 6.98. The normalized spacial score (nSPS) is 13.1. The number of amides is 1. The fourth-order valence-electron chi connectivity index (χ4n) is 3.63. The van der Waals surface area contributed by atoms with Gasteiger partial charge in [0.1, 0.15) is 6.61 Å². The highest BCUT2D eigenvalue weighted by atomic mass is 35.5. The predicted molar refractivity (Wildman–Crippen MR) is 127 cm³/mol. The molecule has 1 saturated heterocycles. The van der Waals surface area contributed by atoms with Crippen LogP contribution >= 0.6 is 23.2 Å². The molecule has 0 aliphatic carbocycles. The Morgan fingerprint density at radius 1 is 0.906 bits per heavy atom. The molecule has 0 aromatic heterocycles. The molecule has 3 aromatic carbocycles. The van der Waals surface area contributed by atoms with Gasteiger partial charge in [0, 0.05) is 40.6 Å². The zero-order valence-corrected chi connectivity index (χ0v) is 18.8. The smallest absolute Gasteiger partial charge is 0.410 e. The van der Waals surface area contributed by atoms with E-state index in [-0.39, 0.29) is 18.5 Å². The molecule has 1 amide bonds. The van der Waals surface area contributed by atoms with Gasteiger partial charge in [0.15, 0.2) is 5.78 Å². The maximum atomic E-state index is 13.2. The van der Waals surface area contributed by atoms with Crippen LogP contribution in [0.25, 0.3) is 0 Å². The highest BCUT2D eigenvalue weighted by molar-refractivity contribution is 6.35. The van der Waals surface area contributed by atoms with Crippen molar-refractivity contribution in [2.45, 2.75) is 19.4 Å². The van der Waals surface area contributed by atoms with Crippen molar-refractivity contribution in [1.29, 1.82) is 0 Å². The molecule has 1 fully saturated rings. The van der Waals surface area contributed by atoms with Crippen LogP contribution in [-0.4, -0.2) is 29.9 Å². The van der Waals surface area contributed by atoms with E-state index in [1.54, 1.807) is 47.4 Å². The highest BCUT2D eigenvalue weighted by Gasteiger charge is 2.19. The van der Waals surface area contributed by atoms with E-state index in [0.717, 1.165) is 37.2 Å². The van der Waals surface area contributed by atoms with E-state index < -0.39 is 0 Å². The molecule has 0 unspecified atom stereocenters.